The van der Waals surface area contributed by atoms with E-state index in [4.69, 9.17) is 15.2 Å². The first-order valence-corrected chi connectivity index (χ1v) is 6.67. The summed E-state index contributed by atoms with van der Waals surface area (Å²) in [4.78, 5) is 11.0. The van der Waals surface area contributed by atoms with Crippen molar-refractivity contribution in [3.63, 3.8) is 0 Å². The fraction of sp³-hybridized carbons (Fsp3) is 0.188. The molecule has 0 aliphatic heterocycles. The van der Waals surface area contributed by atoms with Crippen LogP contribution in [0.4, 0.5) is 10.1 Å². The number of primary amides is 1. The predicted octanol–water partition coefficient (Wildman–Crippen LogP) is 2.91. The maximum atomic E-state index is 14.1. The lowest BCUT2D eigenvalue weighted by Crippen LogP contribution is -2.32. The van der Waals surface area contributed by atoms with Gasteiger partial charge in [0.25, 0.3) is 0 Å². The monoisotopic (exact) mass is 304 g/mol. The summed E-state index contributed by atoms with van der Waals surface area (Å²) in [5.41, 5.74) is 5.59. The van der Waals surface area contributed by atoms with E-state index in [1.54, 1.807) is 37.3 Å². The van der Waals surface area contributed by atoms with Gasteiger partial charge in [-0.05, 0) is 31.2 Å². The number of hydrogen-bond acceptors (Lipinski definition) is 4. The maximum Gasteiger partial charge on any atom is 0.239 e. The van der Waals surface area contributed by atoms with Crippen LogP contribution in [0.1, 0.15) is 6.92 Å². The average molecular weight is 304 g/mol. The molecule has 0 heterocycles. The van der Waals surface area contributed by atoms with E-state index in [9.17, 15) is 9.18 Å². The fourth-order valence-electron chi connectivity index (χ4n) is 1.82. The summed E-state index contributed by atoms with van der Waals surface area (Å²) in [6.07, 6.45) is 0. The molecule has 22 heavy (non-hydrogen) atoms. The lowest BCUT2D eigenvalue weighted by molar-refractivity contribution is -0.118. The summed E-state index contributed by atoms with van der Waals surface area (Å²) < 4.78 is 24.8. The van der Waals surface area contributed by atoms with E-state index in [-0.39, 0.29) is 5.75 Å². The minimum atomic E-state index is -0.597. The summed E-state index contributed by atoms with van der Waals surface area (Å²) in [7, 11) is 1.51. The second-order valence-electron chi connectivity index (χ2n) is 4.67. The Morgan fingerprint density at radius 2 is 1.86 bits per heavy atom. The largest absolute Gasteiger partial charge is 0.493 e. The molecule has 6 heteroatoms. The van der Waals surface area contributed by atoms with Crippen LogP contribution in [0.3, 0.4) is 0 Å². The van der Waals surface area contributed by atoms with Crippen molar-refractivity contribution in [1.82, 2.24) is 0 Å². The SMILES string of the molecule is COc1ccccc1Oc1ccc(NC(C)C(N)=O)cc1F. The van der Waals surface area contributed by atoms with Crippen molar-refractivity contribution < 1.29 is 18.7 Å². The number of rotatable bonds is 6. The standard InChI is InChI=1S/C16H17FN2O3/c1-10(16(18)20)19-11-7-8-13(12(17)9-11)22-15-6-4-3-5-14(15)21-2/h3-10,19H,1-2H3,(H2,18,20). The van der Waals surface area contributed by atoms with Gasteiger partial charge in [-0.1, -0.05) is 12.1 Å². The first-order chi connectivity index (χ1) is 10.5. The Morgan fingerprint density at radius 1 is 1.18 bits per heavy atom. The topological polar surface area (TPSA) is 73.6 Å². The Balaban J connectivity index is 2.18. The zero-order chi connectivity index (χ0) is 16.1. The van der Waals surface area contributed by atoms with Gasteiger partial charge >= 0.3 is 0 Å². The molecule has 1 unspecified atom stereocenters. The summed E-state index contributed by atoms with van der Waals surface area (Å²) >= 11 is 0. The highest BCUT2D eigenvalue weighted by Gasteiger charge is 2.12. The van der Waals surface area contributed by atoms with Crippen LogP contribution in [0.25, 0.3) is 0 Å². The van der Waals surface area contributed by atoms with E-state index in [1.807, 2.05) is 0 Å². The van der Waals surface area contributed by atoms with E-state index < -0.39 is 17.8 Å². The third-order valence-electron chi connectivity index (χ3n) is 3.03. The molecule has 2 rings (SSSR count). The van der Waals surface area contributed by atoms with Crippen LogP contribution in [0, 0.1) is 5.82 Å². The summed E-state index contributed by atoms with van der Waals surface area (Å²) in [6.45, 7) is 1.60. The van der Waals surface area contributed by atoms with Gasteiger partial charge in [-0.25, -0.2) is 4.39 Å². The Kier molecular flexibility index (Phi) is 4.83. The number of anilines is 1. The predicted molar refractivity (Wildman–Crippen MR) is 81.7 cm³/mol. The molecule has 1 atom stereocenters. The average Bonchev–Trinajstić information content (AvgIpc) is 2.50. The number of halogens is 1. The third kappa shape index (κ3) is 3.66. The van der Waals surface area contributed by atoms with Gasteiger partial charge in [0.05, 0.1) is 7.11 Å². The smallest absolute Gasteiger partial charge is 0.239 e. The first-order valence-electron chi connectivity index (χ1n) is 6.67. The summed E-state index contributed by atoms with van der Waals surface area (Å²) in [6, 6.07) is 10.7. The van der Waals surface area contributed by atoms with Gasteiger partial charge in [0, 0.05) is 11.8 Å². The van der Waals surface area contributed by atoms with Crippen molar-refractivity contribution in [2.45, 2.75) is 13.0 Å². The Labute approximate surface area is 127 Å². The molecule has 0 bridgehead atoms. The molecule has 2 aromatic rings. The van der Waals surface area contributed by atoms with Crippen LogP contribution >= 0.6 is 0 Å². The molecule has 0 saturated heterocycles. The van der Waals surface area contributed by atoms with E-state index >= 15 is 0 Å². The molecule has 0 spiro atoms. The molecule has 0 aromatic heterocycles. The lowest BCUT2D eigenvalue weighted by Gasteiger charge is -2.14. The van der Waals surface area contributed by atoms with Crippen LogP contribution in [0.2, 0.25) is 0 Å². The van der Waals surface area contributed by atoms with Gasteiger partial charge in [0.15, 0.2) is 23.1 Å². The van der Waals surface area contributed by atoms with E-state index in [0.717, 1.165) is 0 Å². The third-order valence-corrected chi connectivity index (χ3v) is 3.03. The van der Waals surface area contributed by atoms with Crippen LogP contribution in [0.5, 0.6) is 17.2 Å². The molecular formula is C16H17FN2O3. The molecule has 0 radical (unpaired) electrons. The molecule has 5 nitrogen and oxygen atoms in total. The lowest BCUT2D eigenvalue weighted by atomic mass is 10.2. The molecule has 0 aliphatic rings. The second-order valence-corrected chi connectivity index (χ2v) is 4.67. The molecule has 116 valence electrons. The van der Waals surface area contributed by atoms with Crippen LogP contribution in [0.15, 0.2) is 42.5 Å². The highest BCUT2D eigenvalue weighted by atomic mass is 19.1. The number of methoxy groups -OCH3 is 1. The molecular weight excluding hydrogens is 287 g/mol. The minimum Gasteiger partial charge on any atom is -0.493 e. The quantitative estimate of drug-likeness (QED) is 0.860. The van der Waals surface area contributed by atoms with Gasteiger partial charge in [0.1, 0.15) is 6.04 Å². The van der Waals surface area contributed by atoms with E-state index in [2.05, 4.69) is 5.32 Å². The van der Waals surface area contributed by atoms with Crippen molar-refractivity contribution >= 4 is 11.6 Å². The number of nitrogens with one attached hydrogen (secondary N) is 1. The minimum absolute atomic E-state index is 0.0572. The van der Waals surface area contributed by atoms with Crippen molar-refractivity contribution in [3.8, 4) is 17.2 Å². The normalized spacial score (nSPS) is 11.6. The summed E-state index contributed by atoms with van der Waals surface area (Å²) in [5.74, 6) is -0.106. The molecule has 0 saturated carbocycles. The van der Waals surface area contributed by atoms with Gasteiger partial charge in [0.2, 0.25) is 5.91 Å². The number of amides is 1. The number of para-hydroxylation sites is 2. The number of benzene rings is 2. The Hall–Kier alpha value is -2.76. The van der Waals surface area contributed by atoms with Crippen molar-refractivity contribution in [2.75, 3.05) is 12.4 Å². The van der Waals surface area contributed by atoms with Crippen LogP contribution < -0.4 is 20.5 Å². The highest BCUT2D eigenvalue weighted by molar-refractivity contribution is 5.82. The van der Waals surface area contributed by atoms with Gasteiger partial charge < -0.3 is 20.5 Å². The van der Waals surface area contributed by atoms with E-state index in [0.29, 0.717) is 17.2 Å². The van der Waals surface area contributed by atoms with Gasteiger partial charge in [-0.3, -0.25) is 4.79 Å². The Morgan fingerprint density at radius 3 is 2.45 bits per heavy atom. The number of carbonyl (C=O) groups is 1. The maximum absolute atomic E-state index is 14.1. The Bertz CT molecular complexity index is 676. The zero-order valence-corrected chi connectivity index (χ0v) is 12.3. The van der Waals surface area contributed by atoms with Crippen LogP contribution in [-0.4, -0.2) is 19.1 Å². The van der Waals surface area contributed by atoms with Crippen molar-refractivity contribution in [2.24, 2.45) is 5.73 Å². The molecule has 3 N–H and O–H groups in total. The number of hydrogen-bond donors (Lipinski definition) is 2. The van der Waals surface area contributed by atoms with Gasteiger partial charge in [-0.2, -0.15) is 0 Å². The van der Waals surface area contributed by atoms with Crippen LogP contribution in [-0.2, 0) is 4.79 Å². The highest BCUT2D eigenvalue weighted by Crippen LogP contribution is 2.33. The molecule has 0 fully saturated rings. The number of ether oxygens (including phenoxy) is 2. The fourth-order valence-corrected chi connectivity index (χ4v) is 1.82. The number of carbonyl (C=O) groups excluding carboxylic acids is 1. The summed E-state index contributed by atoms with van der Waals surface area (Å²) in [5, 5.41) is 2.80. The first kappa shape index (κ1) is 15.6. The molecule has 0 aliphatic carbocycles. The number of nitrogens with two attached hydrogens (primary N) is 1. The molecule has 2 aromatic carbocycles. The second kappa shape index (κ2) is 6.80. The van der Waals surface area contributed by atoms with Gasteiger partial charge in [-0.15, -0.1) is 0 Å². The zero-order valence-electron chi connectivity index (χ0n) is 12.3. The van der Waals surface area contributed by atoms with E-state index in [1.165, 1.54) is 19.2 Å². The van der Waals surface area contributed by atoms with Crippen molar-refractivity contribution in [1.29, 1.82) is 0 Å². The molecule has 1 amide bonds. The van der Waals surface area contributed by atoms with Crippen molar-refractivity contribution in [3.05, 3.63) is 48.3 Å².